The van der Waals surface area contributed by atoms with Crippen molar-refractivity contribution in [2.24, 2.45) is 17.8 Å². The van der Waals surface area contributed by atoms with Crippen LogP contribution < -0.4 is 15.4 Å². The number of anilines is 1. The fraction of sp³-hybridized carbons (Fsp3) is 0.478. The Morgan fingerprint density at radius 3 is 2.64 bits per heavy atom. The maximum absolute atomic E-state index is 13.8. The van der Waals surface area contributed by atoms with Gasteiger partial charge in [-0.3, -0.25) is 24.1 Å². The highest BCUT2D eigenvalue weighted by molar-refractivity contribution is 7.89. The van der Waals surface area contributed by atoms with Gasteiger partial charge >= 0.3 is 0 Å². The van der Waals surface area contributed by atoms with E-state index in [1.165, 1.54) is 12.1 Å². The summed E-state index contributed by atoms with van der Waals surface area (Å²) in [4.78, 5) is 36.0. The van der Waals surface area contributed by atoms with Crippen LogP contribution in [0.3, 0.4) is 0 Å². The van der Waals surface area contributed by atoms with Crippen LogP contribution in [0, 0.1) is 0 Å². The van der Waals surface area contributed by atoms with Crippen LogP contribution in [0.25, 0.3) is 0 Å². The number of carbonyl (C=O) groups is 2. The lowest BCUT2D eigenvalue weighted by molar-refractivity contribution is -0.136. The zero-order valence-corrected chi connectivity index (χ0v) is 21.0. The summed E-state index contributed by atoms with van der Waals surface area (Å²) < 4.78 is 30.6. The molecule has 3 aliphatic heterocycles. The number of fused-ring (bicyclic) bond motifs is 4. The molecule has 2 aromatic rings. The van der Waals surface area contributed by atoms with Crippen LogP contribution in [0.4, 0.5) is 5.69 Å². The Kier molecular flexibility index (Phi) is 4.89. The molecule has 12 nitrogen and oxygen atoms in total. The van der Waals surface area contributed by atoms with Crippen LogP contribution in [-0.2, 0) is 28.4 Å². The molecular formula is C23H28N8O4S. The van der Waals surface area contributed by atoms with Crippen molar-refractivity contribution < 1.29 is 18.0 Å². The number of nitrogens with two attached hydrogens (primary N) is 1. The minimum absolute atomic E-state index is 0.0474. The Morgan fingerprint density at radius 1 is 1.25 bits per heavy atom. The highest BCUT2D eigenvalue weighted by atomic mass is 32.2. The van der Waals surface area contributed by atoms with E-state index in [0.717, 1.165) is 18.4 Å². The Labute approximate surface area is 208 Å². The molecule has 1 spiro atoms. The third kappa shape index (κ3) is 3.52. The number of hydrogen-bond acceptors (Lipinski definition) is 8. The number of benzene rings is 1. The number of sulfonamides is 1. The van der Waals surface area contributed by atoms with Gasteiger partial charge in [-0.1, -0.05) is 0 Å². The Morgan fingerprint density at radius 2 is 2.00 bits per heavy atom. The van der Waals surface area contributed by atoms with E-state index in [2.05, 4.69) is 9.82 Å². The van der Waals surface area contributed by atoms with Crippen molar-refractivity contribution in [2.75, 3.05) is 31.1 Å². The molecule has 1 saturated carbocycles. The second-order valence-corrected chi connectivity index (χ2v) is 12.1. The van der Waals surface area contributed by atoms with Crippen LogP contribution in [0.15, 0.2) is 40.5 Å². The Hall–Kier alpha value is -3.29. The zero-order valence-electron chi connectivity index (χ0n) is 20.1. The molecule has 2 amide bonds. The number of amides is 2. The van der Waals surface area contributed by atoms with Gasteiger partial charge in [-0.2, -0.15) is 5.10 Å². The Balaban J connectivity index is 1.41. The number of aliphatic imine (C=N–C) groups is 1. The fourth-order valence-electron chi connectivity index (χ4n) is 5.19. The lowest BCUT2D eigenvalue weighted by Gasteiger charge is -2.54. The normalized spacial score (nSPS) is 21.2. The lowest BCUT2D eigenvalue weighted by Crippen LogP contribution is -2.74. The molecule has 0 radical (unpaired) electrons. The summed E-state index contributed by atoms with van der Waals surface area (Å²) in [6, 6.07) is 4.66. The summed E-state index contributed by atoms with van der Waals surface area (Å²) in [5.74, 6) is 0.0240. The molecule has 1 aliphatic carbocycles. The number of carbonyl (C=O) groups excluding carboxylic acids is 2. The van der Waals surface area contributed by atoms with Crippen LogP contribution in [0.1, 0.15) is 35.7 Å². The molecule has 190 valence electrons. The molecule has 36 heavy (non-hydrogen) atoms. The van der Waals surface area contributed by atoms with Crippen molar-refractivity contribution >= 4 is 33.5 Å². The molecule has 4 aliphatic rings. The smallest absolute Gasteiger partial charge is 0.263 e. The summed E-state index contributed by atoms with van der Waals surface area (Å²) in [5.41, 5.74) is 6.30. The second kappa shape index (κ2) is 7.60. The number of likely N-dealkylation sites (tertiary alicyclic amines) is 1. The number of rotatable bonds is 6. The topological polar surface area (TPSA) is 146 Å². The quantitative estimate of drug-likeness (QED) is 0.537. The number of guanidine groups is 1. The molecule has 0 bridgehead atoms. The van der Waals surface area contributed by atoms with Crippen molar-refractivity contribution in [3.05, 3.63) is 41.7 Å². The van der Waals surface area contributed by atoms with Crippen molar-refractivity contribution in [3.63, 3.8) is 0 Å². The van der Waals surface area contributed by atoms with Gasteiger partial charge in [-0.15, -0.1) is 0 Å². The van der Waals surface area contributed by atoms with Gasteiger partial charge < -0.3 is 10.6 Å². The van der Waals surface area contributed by atoms with E-state index in [-0.39, 0.29) is 35.4 Å². The van der Waals surface area contributed by atoms with E-state index in [0.29, 0.717) is 31.3 Å². The van der Waals surface area contributed by atoms with Gasteiger partial charge in [-0.25, -0.2) is 18.1 Å². The molecule has 0 atom stereocenters. The van der Waals surface area contributed by atoms with Gasteiger partial charge in [0.1, 0.15) is 5.54 Å². The number of hydrogen-bond donors (Lipinski definition) is 2. The SMILES string of the molecule is Cn1cc(CN2C(=O)c3cc(S(=O)(=O)NC4(C)CC4)ccc3N3C2=NCC32CN(C(=O)CN)C2)cn1. The number of aromatic nitrogens is 2. The summed E-state index contributed by atoms with van der Waals surface area (Å²) in [6.45, 7) is 3.28. The largest absolute Gasteiger partial charge is 0.337 e. The highest BCUT2D eigenvalue weighted by Crippen LogP contribution is 2.43. The van der Waals surface area contributed by atoms with Crippen molar-refractivity contribution in [1.82, 2.24) is 24.3 Å². The first-order valence-corrected chi connectivity index (χ1v) is 13.3. The van der Waals surface area contributed by atoms with Gasteiger partial charge in [0.05, 0.1) is 42.0 Å². The van der Waals surface area contributed by atoms with Crippen LogP contribution in [0.2, 0.25) is 0 Å². The number of nitrogens with one attached hydrogen (secondary N) is 1. The van der Waals surface area contributed by atoms with Gasteiger partial charge in [-0.05, 0) is 38.0 Å². The van der Waals surface area contributed by atoms with Gasteiger partial charge in [0.2, 0.25) is 21.9 Å². The molecule has 4 heterocycles. The van der Waals surface area contributed by atoms with Crippen molar-refractivity contribution in [3.8, 4) is 0 Å². The molecule has 13 heteroatoms. The molecule has 3 N–H and O–H groups in total. The van der Waals surface area contributed by atoms with E-state index < -0.39 is 21.1 Å². The summed E-state index contributed by atoms with van der Waals surface area (Å²) >= 11 is 0. The van der Waals surface area contributed by atoms with Gasteiger partial charge in [0, 0.05) is 37.4 Å². The van der Waals surface area contributed by atoms with Gasteiger partial charge in [0.15, 0.2) is 0 Å². The first-order chi connectivity index (χ1) is 17.0. The fourth-order valence-corrected chi connectivity index (χ4v) is 6.68. The van der Waals surface area contributed by atoms with E-state index in [1.54, 1.807) is 33.8 Å². The second-order valence-electron chi connectivity index (χ2n) is 10.4. The van der Waals surface area contributed by atoms with Gasteiger partial charge in [0.25, 0.3) is 5.91 Å². The van der Waals surface area contributed by atoms with Crippen LogP contribution in [0.5, 0.6) is 0 Å². The summed E-state index contributed by atoms with van der Waals surface area (Å²) in [6.07, 6.45) is 5.07. The van der Waals surface area contributed by atoms with E-state index >= 15 is 0 Å². The maximum atomic E-state index is 13.8. The van der Waals surface area contributed by atoms with E-state index in [9.17, 15) is 18.0 Å². The third-order valence-corrected chi connectivity index (χ3v) is 9.04. The molecule has 1 saturated heterocycles. The van der Waals surface area contributed by atoms with E-state index in [1.807, 2.05) is 18.0 Å². The molecular weight excluding hydrogens is 484 g/mol. The van der Waals surface area contributed by atoms with Crippen molar-refractivity contribution in [1.29, 1.82) is 0 Å². The van der Waals surface area contributed by atoms with E-state index in [4.69, 9.17) is 10.7 Å². The number of nitrogens with zero attached hydrogens (tertiary/aromatic N) is 6. The molecule has 1 aromatic heterocycles. The maximum Gasteiger partial charge on any atom is 0.263 e. The Bertz CT molecular complexity index is 1420. The van der Waals surface area contributed by atoms with Crippen LogP contribution in [-0.4, -0.2) is 83.0 Å². The van der Waals surface area contributed by atoms with Crippen molar-refractivity contribution in [2.45, 2.75) is 42.3 Å². The lowest BCUT2D eigenvalue weighted by atomic mass is 9.87. The average molecular weight is 513 g/mol. The molecule has 0 unspecified atom stereocenters. The minimum Gasteiger partial charge on any atom is -0.337 e. The average Bonchev–Trinajstić information content (AvgIpc) is 3.20. The predicted octanol–water partition coefficient (Wildman–Crippen LogP) is -0.377. The molecule has 1 aromatic carbocycles. The first kappa shape index (κ1) is 23.1. The molecule has 6 rings (SSSR count). The summed E-state index contributed by atoms with van der Waals surface area (Å²) in [5, 5.41) is 4.20. The third-order valence-electron chi connectivity index (χ3n) is 7.40. The van der Waals surface area contributed by atoms with Crippen LogP contribution >= 0.6 is 0 Å². The highest BCUT2D eigenvalue weighted by Gasteiger charge is 2.57. The first-order valence-electron chi connectivity index (χ1n) is 11.8. The monoisotopic (exact) mass is 512 g/mol. The minimum atomic E-state index is -3.80. The molecule has 2 fully saturated rings. The zero-order chi connectivity index (χ0) is 25.5. The predicted molar refractivity (Wildman–Crippen MR) is 131 cm³/mol. The standard InChI is InChI=1S/C23H28N8O4S/c1-22(5-6-22)27-36(34,35)16-3-4-18-17(7-16)20(33)30(11-15-9-26-28(2)10-15)21-25-12-23(31(18)21)13-29(14-23)19(32)8-24/h3-4,7,9-10,27H,5-6,8,11-14,24H2,1-2H3. The number of aryl methyl sites for hydroxylation is 1. The summed E-state index contributed by atoms with van der Waals surface area (Å²) in [7, 11) is -2.00.